The van der Waals surface area contributed by atoms with Crippen LogP contribution in [0, 0.1) is 12.7 Å². The second-order valence-electron chi connectivity index (χ2n) is 4.60. The van der Waals surface area contributed by atoms with Gasteiger partial charge in [0, 0.05) is 18.4 Å². The number of imidazole rings is 1. The first-order valence-electron chi connectivity index (χ1n) is 6.31. The van der Waals surface area contributed by atoms with E-state index in [0.29, 0.717) is 30.1 Å². The van der Waals surface area contributed by atoms with E-state index in [2.05, 4.69) is 10.1 Å². The Hall–Kier alpha value is -1.88. The van der Waals surface area contributed by atoms with E-state index >= 15 is 0 Å². The highest BCUT2D eigenvalue weighted by Crippen LogP contribution is 2.21. The molecule has 0 atom stereocenters. The molecule has 1 aromatic carbocycles. The molecule has 20 heavy (non-hydrogen) atoms. The Morgan fingerprint density at radius 2 is 2.25 bits per heavy atom. The van der Waals surface area contributed by atoms with E-state index in [1.165, 1.54) is 6.07 Å². The SMILES string of the molecule is Cc1cc(Cn2c(CCCl)nc3c(F)cccc32)on1. The maximum atomic E-state index is 13.8. The fraction of sp³-hybridized carbons (Fsp3) is 0.286. The van der Waals surface area contributed by atoms with E-state index in [4.69, 9.17) is 16.1 Å². The molecule has 2 aromatic heterocycles. The lowest BCUT2D eigenvalue weighted by Crippen LogP contribution is -2.05. The van der Waals surface area contributed by atoms with Crippen molar-refractivity contribution in [2.75, 3.05) is 5.88 Å². The molecule has 4 nitrogen and oxygen atoms in total. The van der Waals surface area contributed by atoms with E-state index in [1.54, 1.807) is 6.07 Å². The molecule has 3 aromatic rings. The van der Waals surface area contributed by atoms with Crippen molar-refractivity contribution in [1.29, 1.82) is 0 Å². The van der Waals surface area contributed by atoms with Gasteiger partial charge in [-0.3, -0.25) is 0 Å². The number of halogens is 2. The first kappa shape index (κ1) is 13.1. The number of alkyl halides is 1. The lowest BCUT2D eigenvalue weighted by Gasteiger charge is -2.05. The summed E-state index contributed by atoms with van der Waals surface area (Å²) in [5.74, 6) is 1.56. The van der Waals surface area contributed by atoms with Crippen LogP contribution in [0.25, 0.3) is 11.0 Å². The smallest absolute Gasteiger partial charge is 0.156 e. The van der Waals surface area contributed by atoms with Crippen molar-refractivity contribution in [2.24, 2.45) is 0 Å². The zero-order valence-electron chi connectivity index (χ0n) is 10.9. The number of rotatable bonds is 4. The molecule has 6 heteroatoms. The van der Waals surface area contributed by atoms with Gasteiger partial charge < -0.3 is 9.09 Å². The molecule has 0 saturated carbocycles. The quantitative estimate of drug-likeness (QED) is 0.693. The predicted molar refractivity (Wildman–Crippen MR) is 74.5 cm³/mol. The molecule has 0 saturated heterocycles. The Bertz CT molecular complexity index is 750. The second-order valence-corrected chi connectivity index (χ2v) is 4.97. The first-order valence-corrected chi connectivity index (χ1v) is 6.84. The van der Waals surface area contributed by atoms with Gasteiger partial charge in [0.15, 0.2) is 11.6 Å². The summed E-state index contributed by atoms with van der Waals surface area (Å²) in [4.78, 5) is 4.35. The summed E-state index contributed by atoms with van der Waals surface area (Å²) in [6.45, 7) is 2.32. The second kappa shape index (κ2) is 5.25. The first-order chi connectivity index (χ1) is 9.69. The van der Waals surface area contributed by atoms with Crippen molar-refractivity contribution >= 4 is 22.6 Å². The summed E-state index contributed by atoms with van der Waals surface area (Å²) in [5, 5.41) is 3.86. The van der Waals surface area contributed by atoms with Crippen LogP contribution >= 0.6 is 11.6 Å². The van der Waals surface area contributed by atoms with Crippen molar-refractivity contribution in [1.82, 2.24) is 14.7 Å². The van der Waals surface area contributed by atoms with Crippen LogP contribution in [0.3, 0.4) is 0 Å². The average molecular weight is 294 g/mol. The maximum absolute atomic E-state index is 13.8. The Morgan fingerprint density at radius 3 is 2.95 bits per heavy atom. The van der Waals surface area contributed by atoms with E-state index in [9.17, 15) is 4.39 Å². The Morgan fingerprint density at radius 1 is 1.40 bits per heavy atom. The summed E-state index contributed by atoms with van der Waals surface area (Å²) in [6.07, 6.45) is 0.572. The van der Waals surface area contributed by atoms with Crippen molar-refractivity contribution in [2.45, 2.75) is 19.9 Å². The minimum atomic E-state index is -0.328. The molecule has 0 N–H and O–H groups in total. The number of nitrogens with zero attached hydrogens (tertiary/aromatic N) is 3. The summed E-state index contributed by atoms with van der Waals surface area (Å²) in [6, 6.07) is 6.77. The number of aromatic nitrogens is 3. The monoisotopic (exact) mass is 293 g/mol. The van der Waals surface area contributed by atoms with E-state index in [0.717, 1.165) is 17.0 Å². The zero-order valence-corrected chi connectivity index (χ0v) is 11.7. The van der Waals surface area contributed by atoms with Gasteiger partial charge in [0.05, 0.1) is 17.8 Å². The molecule has 0 amide bonds. The summed E-state index contributed by atoms with van der Waals surface area (Å²) in [7, 11) is 0. The van der Waals surface area contributed by atoms with Crippen LogP contribution in [-0.2, 0) is 13.0 Å². The van der Waals surface area contributed by atoms with Crippen molar-refractivity contribution in [3.8, 4) is 0 Å². The van der Waals surface area contributed by atoms with Gasteiger partial charge in [-0.2, -0.15) is 0 Å². The molecule has 0 spiro atoms. The fourth-order valence-corrected chi connectivity index (χ4v) is 2.43. The molecule has 3 rings (SSSR count). The maximum Gasteiger partial charge on any atom is 0.156 e. The van der Waals surface area contributed by atoms with Gasteiger partial charge >= 0.3 is 0 Å². The number of para-hydroxylation sites is 1. The van der Waals surface area contributed by atoms with E-state index in [-0.39, 0.29) is 5.82 Å². The number of hydrogen-bond donors (Lipinski definition) is 0. The Kier molecular flexibility index (Phi) is 3.44. The number of aryl methyl sites for hydroxylation is 2. The molecule has 0 aliphatic heterocycles. The topological polar surface area (TPSA) is 43.9 Å². The highest BCUT2D eigenvalue weighted by Gasteiger charge is 2.15. The van der Waals surface area contributed by atoms with Crippen molar-refractivity contribution < 1.29 is 8.91 Å². The average Bonchev–Trinajstić information content (AvgIpc) is 2.97. The molecule has 0 aliphatic carbocycles. The van der Waals surface area contributed by atoms with Gasteiger partial charge in [-0.25, -0.2) is 9.37 Å². The van der Waals surface area contributed by atoms with Gasteiger partial charge in [0.1, 0.15) is 11.3 Å². The summed E-state index contributed by atoms with van der Waals surface area (Å²) in [5.41, 5.74) is 1.91. The molecule has 0 bridgehead atoms. The third-order valence-electron chi connectivity index (χ3n) is 3.12. The van der Waals surface area contributed by atoms with Crippen LogP contribution in [0.5, 0.6) is 0 Å². The van der Waals surface area contributed by atoms with Crippen LogP contribution in [0.2, 0.25) is 0 Å². The standard InChI is InChI=1S/C14H13ClFN3O/c1-9-7-10(20-18-9)8-19-12-4-2-3-11(16)14(12)17-13(19)5-6-15/h2-4,7H,5-6,8H2,1H3. The van der Waals surface area contributed by atoms with Gasteiger partial charge in [-0.15, -0.1) is 11.6 Å². The molecule has 0 fully saturated rings. The lowest BCUT2D eigenvalue weighted by atomic mass is 10.3. The third kappa shape index (κ3) is 2.29. The van der Waals surface area contributed by atoms with Crippen LogP contribution in [0.1, 0.15) is 17.3 Å². The molecule has 0 radical (unpaired) electrons. The summed E-state index contributed by atoms with van der Waals surface area (Å²) < 4.78 is 21.0. The van der Waals surface area contributed by atoms with Gasteiger partial charge in [0.2, 0.25) is 0 Å². The minimum absolute atomic E-state index is 0.328. The highest BCUT2D eigenvalue weighted by molar-refractivity contribution is 6.17. The predicted octanol–water partition coefficient (Wildman–Crippen LogP) is 3.30. The molecule has 0 aliphatic rings. The summed E-state index contributed by atoms with van der Waals surface area (Å²) >= 11 is 5.80. The Labute approximate surface area is 120 Å². The van der Waals surface area contributed by atoms with E-state index in [1.807, 2.05) is 23.6 Å². The number of fused-ring (bicyclic) bond motifs is 1. The molecule has 104 valence electrons. The zero-order chi connectivity index (χ0) is 14.1. The Balaban J connectivity index is 2.11. The van der Waals surface area contributed by atoms with Crippen LogP contribution < -0.4 is 0 Å². The van der Waals surface area contributed by atoms with Crippen LogP contribution in [-0.4, -0.2) is 20.6 Å². The van der Waals surface area contributed by atoms with Gasteiger partial charge in [-0.05, 0) is 19.1 Å². The normalized spacial score (nSPS) is 11.3. The van der Waals surface area contributed by atoms with E-state index < -0.39 is 0 Å². The number of hydrogen-bond acceptors (Lipinski definition) is 3. The highest BCUT2D eigenvalue weighted by atomic mass is 35.5. The van der Waals surface area contributed by atoms with Crippen LogP contribution in [0.4, 0.5) is 4.39 Å². The molecular weight excluding hydrogens is 281 g/mol. The molecule has 0 unspecified atom stereocenters. The van der Waals surface area contributed by atoms with Gasteiger partial charge in [0.25, 0.3) is 0 Å². The molecule has 2 heterocycles. The fourth-order valence-electron chi connectivity index (χ4n) is 2.26. The lowest BCUT2D eigenvalue weighted by molar-refractivity contribution is 0.373. The minimum Gasteiger partial charge on any atom is -0.359 e. The van der Waals surface area contributed by atoms with Crippen molar-refractivity contribution in [3.05, 3.63) is 47.4 Å². The van der Waals surface area contributed by atoms with Crippen molar-refractivity contribution in [3.63, 3.8) is 0 Å². The third-order valence-corrected chi connectivity index (χ3v) is 3.31. The largest absolute Gasteiger partial charge is 0.359 e. The van der Waals surface area contributed by atoms with Crippen LogP contribution in [0.15, 0.2) is 28.8 Å². The number of benzene rings is 1. The van der Waals surface area contributed by atoms with Gasteiger partial charge in [-0.1, -0.05) is 11.2 Å². The molecular formula is C14H13ClFN3O.